The lowest BCUT2D eigenvalue weighted by atomic mass is 9.46. The Morgan fingerprint density at radius 2 is 1.54 bits per heavy atom. The van der Waals surface area contributed by atoms with Gasteiger partial charge in [-0.2, -0.15) is 0 Å². The molecule has 6 fully saturated rings. The molecule has 9 heteroatoms. The third-order valence-electron chi connectivity index (χ3n) is 9.05. The zero-order chi connectivity index (χ0) is 28.0. The van der Waals surface area contributed by atoms with E-state index in [1.807, 2.05) is 0 Å². The van der Waals surface area contributed by atoms with E-state index in [9.17, 15) is 9.59 Å². The summed E-state index contributed by atoms with van der Waals surface area (Å²) in [6.07, 6.45) is 2.05. The van der Waals surface area contributed by atoms with Crippen LogP contribution in [-0.4, -0.2) is 58.6 Å². The van der Waals surface area contributed by atoms with E-state index in [4.69, 9.17) is 9.47 Å². The predicted molar refractivity (Wildman–Crippen MR) is 135 cm³/mol. The van der Waals surface area contributed by atoms with Crippen molar-refractivity contribution in [2.24, 2.45) is 5.41 Å². The Morgan fingerprint density at radius 1 is 0.949 bits per heavy atom. The Morgan fingerprint density at radius 3 is 2.08 bits per heavy atom. The van der Waals surface area contributed by atoms with Crippen molar-refractivity contribution in [3.8, 4) is 5.75 Å². The number of halogens is 4. The lowest BCUT2D eigenvalue weighted by Gasteiger charge is -2.62. The molecule has 1 saturated heterocycles. The van der Waals surface area contributed by atoms with Gasteiger partial charge in [0, 0.05) is 37.3 Å². The van der Waals surface area contributed by atoms with Crippen LogP contribution in [0.4, 0.5) is 17.6 Å². The standard InChI is InChI=1S/C30H37F4NO4/c1-26(2,3)39-25(37)22-5-4-8-35(22)24(36)20-9-19(18-6-7-18)23(10-21(20)31)38-17-27-11-28(32)14-29(33,12-27)16-30(34,13-27)15-28/h9-10,18,22H,4-8,11-17H2,1-3H3. The number of rotatable bonds is 6. The normalized spacial score (nSPS) is 37.3. The third-order valence-corrected chi connectivity index (χ3v) is 9.05. The molecule has 6 aliphatic rings. The Bertz CT molecular complexity index is 1150. The van der Waals surface area contributed by atoms with Crippen LogP contribution in [0.15, 0.2) is 12.1 Å². The van der Waals surface area contributed by atoms with Crippen molar-refractivity contribution in [1.29, 1.82) is 0 Å². The molecule has 0 aromatic heterocycles. The van der Waals surface area contributed by atoms with E-state index in [2.05, 4.69) is 0 Å². The van der Waals surface area contributed by atoms with E-state index in [1.165, 1.54) is 17.0 Å². The van der Waals surface area contributed by atoms with E-state index in [1.54, 1.807) is 20.8 Å². The quantitative estimate of drug-likeness (QED) is 0.298. The first kappa shape index (κ1) is 26.9. The van der Waals surface area contributed by atoms with Gasteiger partial charge in [-0.3, -0.25) is 4.79 Å². The van der Waals surface area contributed by atoms with E-state index in [0.29, 0.717) is 24.9 Å². The smallest absolute Gasteiger partial charge is 0.329 e. The number of amides is 1. The predicted octanol–water partition coefficient (Wildman–Crippen LogP) is 6.52. The molecule has 1 aliphatic heterocycles. The summed E-state index contributed by atoms with van der Waals surface area (Å²) < 4.78 is 73.3. The van der Waals surface area contributed by atoms with Crippen LogP contribution in [-0.2, 0) is 9.53 Å². The monoisotopic (exact) mass is 551 g/mol. The lowest BCUT2D eigenvalue weighted by molar-refractivity contribution is -0.223. The highest BCUT2D eigenvalue weighted by Gasteiger charge is 2.70. The molecule has 7 rings (SSSR count). The van der Waals surface area contributed by atoms with E-state index < -0.39 is 51.8 Å². The molecule has 1 atom stereocenters. The first-order chi connectivity index (χ1) is 18.1. The van der Waals surface area contributed by atoms with Crippen LogP contribution in [0.3, 0.4) is 0 Å². The fraction of sp³-hybridized carbons (Fsp3) is 0.733. The molecule has 39 heavy (non-hydrogen) atoms. The maximum atomic E-state index is 15.5. The molecule has 5 saturated carbocycles. The summed E-state index contributed by atoms with van der Waals surface area (Å²) >= 11 is 0. The average molecular weight is 552 g/mol. The summed E-state index contributed by atoms with van der Waals surface area (Å²) in [6.45, 7) is 5.48. The zero-order valence-corrected chi connectivity index (χ0v) is 22.9. The minimum absolute atomic E-state index is 0.0379. The van der Waals surface area contributed by atoms with Crippen molar-refractivity contribution < 1.29 is 36.6 Å². The van der Waals surface area contributed by atoms with Gasteiger partial charge in [-0.05, 0) is 83.3 Å². The number of ether oxygens (including phenoxy) is 2. The van der Waals surface area contributed by atoms with Gasteiger partial charge < -0.3 is 14.4 Å². The van der Waals surface area contributed by atoms with E-state index in [0.717, 1.165) is 12.8 Å². The Labute approximate surface area is 226 Å². The first-order valence-corrected chi connectivity index (χ1v) is 14.2. The van der Waals surface area contributed by atoms with Crippen molar-refractivity contribution >= 4 is 11.9 Å². The van der Waals surface area contributed by atoms with Gasteiger partial charge in [0.2, 0.25) is 0 Å². The van der Waals surface area contributed by atoms with Crippen LogP contribution < -0.4 is 4.74 Å². The number of esters is 1. The molecule has 1 aromatic rings. The van der Waals surface area contributed by atoms with Gasteiger partial charge >= 0.3 is 5.97 Å². The molecule has 0 N–H and O–H groups in total. The number of hydrogen-bond donors (Lipinski definition) is 0. The second kappa shape index (κ2) is 8.59. The van der Waals surface area contributed by atoms with Crippen molar-refractivity contribution in [3.05, 3.63) is 29.1 Å². The van der Waals surface area contributed by atoms with Crippen LogP contribution >= 0.6 is 0 Å². The van der Waals surface area contributed by atoms with Gasteiger partial charge in [-0.1, -0.05) is 0 Å². The highest BCUT2D eigenvalue weighted by molar-refractivity contribution is 5.98. The maximum absolute atomic E-state index is 15.5. The average Bonchev–Trinajstić information content (AvgIpc) is 3.48. The minimum atomic E-state index is -1.89. The van der Waals surface area contributed by atoms with Gasteiger partial charge in [0.15, 0.2) is 0 Å². The molecule has 5 nitrogen and oxygen atoms in total. The summed E-state index contributed by atoms with van der Waals surface area (Å²) in [7, 11) is 0. The molecule has 0 radical (unpaired) electrons. The Kier molecular flexibility index (Phi) is 5.92. The van der Waals surface area contributed by atoms with Crippen molar-refractivity contribution in [1.82, 2.24) is 4.90 Å². The summed E-state index contributed by atoms with van der Waals surface area (Å²) in [5.74, 6) is -1.55. The minimum Gasteiger partial charge on any atom is -0.493 e. The lowest BCUT2D eigenvalue weighted by Crippen LogP contribution is -2.66. The number of nitrogens with zero attached hydrogens (tertiary/aromatic N) is 1. The second-order valence-corrected chi connectivity index (χ2v) is 14.1. The van der Waals surface area contributed by atoms with Crippen molar-refractivity contribution in [2.45, 2.75) is 120 Å². The van der Waals surface area contributed by atoms with Gasteiger partial charge in [-0.25, -0.2) is 22.4 Å². The number of hydrogen-bond acceptors (Lipinski definition) is 4. The maximum Gasteiger partial charge on any atom is 0.329 e. The molecule has 1 heterocycles. The first-order valence-electron chi connectivity index (χ1n) is 14.2. The SMILES string of the molecule is CC(C)(C)OC(=O)C1CCCN1C(=O)c1cc(C2CC2)c(OCC23CC4(F)CC(F)(CC(F)(C4)C2)C3)cc1F. The molecular formula is C30H37F4NO4. The Hall–Kier alpha value is -2.32. The fourth-order valence-electron chi connectivity index (χ4n) is 8.21. The molecule has 0 spiro atoms. The van der Waals surface area contributed by atoms with Crippen molar-refractivity contribution in [2.75, 3.05) is 13.2 Å². The third kappa shape index (κ3) is 5.03. The number of likely N-dealkylation sites (tertiary alicyclic amines) is 1. The highest BCUT2D eigenvalue weighted by atomic mass is 19.2. The summed E-state index contributed by atoms with van der Waals surface area (Å²) in [5.41, 5.74) is -6.83. The largest absolute Gasteiger partial charge is 0.493 e. The van der Waals surface area contributed by atoms with Gasteiger partial charge in [0.25, 0.3) is 5.91 Å². The molecule has 1 amide bonds. The van der Waals surface area contributed by atoms with Gasteiger partial charge in [0.1, 0.15) is 40.2 Å². The van der Waals surface area contributed by atoms with Crippen molar-refractivity contribution in [3.63, 3.8) is 0 Å². The molecular weight excluding hydrogens is 514 g/mol. The van der Waals surface area contributed by atoms with Gasteiger partial charge in [-0.15, -0.1) is 0 Å². The Balaban J connectivity index is 1.23. The molecule has 4 bridgehead atoms. The molecule has 1 unspecified atom stereocenters. The second-order valence-electron chi connectivity index (χ2n) is 14.1. The topological polar surface area (TPSA) is 55.8 Å². The number of carbonyl (C=O) groups is 2. The molecule has 1 aromatic carbocycles. The number of alkyl halides is 3. The molecule has 5 aliphatic carbocycles. The van der Waals surface area contributed by atoms with Crippen LogP contribution in [0.2, 0.25) is 0 Å². The van der Waals surface area contributed by atoms with Crippen LogP contribution in [0.5, 0.6) is 5.75 Å². The zero-order valence-electron chi connectivity index (χ0n) is 22.9. The number of carbonyl (C=O) groups excluding carboxylic acids is 2. The summed E-state index contributed by atoms with van der Waals surface area (Å²) in [6, 6.07) is 1.89. The molecule has 214 valence electrons. The summed E-state index contributed by atoms with van der Waals surface area (Å²) in [5, 5.41) is 0. The van der Waals surface area contributed by atoms with E-state index >= 15 is 17.6 Å². The highest BCUT2D eigenvalue weighted by Crippen LogP contribution is 2.68. The number of benzene rings is 1. The van der Waals surface area contributed by atoms with Crippen LogP contribution in [0.25, 0.3) is 0 Å². The van der Waals surface area contributed by atoms with Gasteiger partial charge in [0.05, 0.1) is 12.2 Å². The van der Waals surface area contributed by atoms with Crippen LogP contribution in [0.1, 0.15) is 107 Å². The summed E-state index contributed by atoms with van der Waals surface area (Å²) in [4.78, 5) is 27.6. The van der Waals surface area contributed by atoms with E-state index in [-0.39, 0.29) is 62.4 Å². The fourth-order valence-corrected chi connectivity index (χ4v) is 8.21. The van der Waals surface area contributed by atoms with Crippen LogP contribution in [0, 0.1) is 11.2 Å².